The number of rotatable bonds is 9. The molecule has 0 aliphatic heterocycles. The number of esters is 1. The van der Waals surface area contributed by atoms with Crippen molar-refractivity contribution in [1.82, 2.24) is 10.2 Å². The molecule has 1 atom stereocenters. The van der Waals surface area contributed by atoms with Gasteiger partial charge in [0.05, 0.1) is 18.6 Å². The number of carbonyl (C=O) groups excluding carboxylic acids is 3. The van der Waals surface area contributed by atoms with Crippen LogP contribution >= 0.6 is 0 Å². The fourth-order valence-electron chi connectivity index (χ4n) is 2.77. The standard InChI is InChI=1S/C24H30N2O5/c1-16(2)31-23(28)14-21(18-11-9-17(3)10-12-18)25-24(29)19-7-6-8-20(13-19)30-15-22(27)26(4)5/h6-13,16,21H,14-15H2,1-5H3,(H,25,29). The van der Waals surface area contributed by atoms with Gasteiger partial charge in [0.25, 0.3) is 11.8 Å². The van der Waals surface area contributed by atoms with Crippen LogP contribution < -0.4 is 10.1 Å². The van der Waals surface area contributed by atoms with E-state index in [1.54, 1.807) is 52.2 Å². The molecule has 0 saturated heterocycles. The van der Waals surface area contributed by atoms with Crippen LogP contribution in [0.3, 0.4) is 0 Å². The summed E-state index contributed by atoms with van der Waals surface area (Å²) in [6, 6.07) is 13.7. The Labute approximate surface area is 183 Å². The molecule has 0 saturated carbocycles. The van der Waals surface area contributed by atoms with Crippen molar-refractivity contribution in [1.29, 1.82) is 0 Å². The van der Waals surface area contributed by atoms with Crippen LogP contribution in [-0.2, 0) is 14.3 Å². The van der Waals surface area contributed by atoms with E-state index in [1.165, 1.54) is 4.90 Å². The number of aryl methyl sites for hydroxylation is 1. The number of carbonyl (C=O) groups is 3. The number of benzene rings is 2. The second-order valence-corrected chi connectivity index (χ2v) is 7.78. The number of hydrogen-bond donors (Lipinski definition) is 1. The molecule has 1 unspecified atom stereocenters. The minimum atomic E-state index is -0.542. The predicted molar refractivity (Wildman–Crippen MR) is 118 cm³/mol. The largest absolute Gasteiger partial charge is 0.484 e. The second kappa shape index (κ2) is 11.2. The topological polar surface area (TPSA) is 84.9 Å². The van der Waals surface area contributed by atoms with Crippen LogP contribution in [0.5, 0.6) is 5.75 Å². The number of nitrogens with one attached hydrogen (secondary N) is 1. The monoisotopic (exact) mass is 426 g/mol. The molecule has 7 heteroatoms. The first-order valence-electron chi connectivity index (χ1n) is 10.2. The van der Waals surface area contributed by atoms with Crippen molar-refractivity contribution in [3.8, 4) is 5.75 Å². The van der Waals surface area contributed by atoms with Crippen LogP contribution in [0.25, 0.3) is 0 Å². The summed E-state index contributed by atoms with van der Waals surface area (Å²) in [5.41, 5.74) is 2.25. The SMILES string of the molecule is Cc1ccc(C(CC(=O)OC(C)C)NC(=O)c2cccc(OCC(=O)N(C)C)c2)cc1. The lowest BCUT2D eigenvalue weighted by Crippen LogP contribution is -2.31. The molecule has 0 aliphatic carbocycles. The minimum Gasteiger partial charge on any atom is -0.484 e. The third-order valence-electron chi connectivity index (χ3n) is 4.48. The average Bonchev–Trinajstić information content (AvgIpc) is 2.71. The fraction of sp³-hybridized carbons (Fsp3) is 0.375. The molecule has 2 rings (SSSR count). The summed E-state index contributed by atoms with van der Waals surface area (Å²) in [5.74, 6) is -0.514. The van der Waals surface area contributed by atoms with Crippen LogP contribution in [0, 0.1) is 6.92 Å². The van der Waals surface area contributed by atoms with E-state index in [1.807, 2.05) is 31.2 Å². The number of amides is 2. The quantitative estimate of drug-likeness (QED) is 0.622. The molecule has 166 valence electrons. The lowest BCUT2D eigenvalue weighted by atomic mass is 10.0. The summed E-state index contributed by atoms with van der Waals surface area (Å²) in [7, 11) is 3.29. The minimum absolute atomic E-state index is 0.0144. The van der Waals surface area contributed by atoms with Gasteiger partial charge in [-0.3, -0.25) is 14.4 Å². The van der Waals surface area contributed by atoms with Crippen LogP contribution in [0.4, 0.5) is 0 Å². The van der Waals surface area contributed by atoms with Crippen molar-refractivity contribution >= 4 is 17.8 Å². The highest BCUT2D eigenvalue weighted by Crippen LogP contribution is 2.21. The van der Waals surface area contributed by atoms with Gasteiger partial charge in [0.1, 0.15) is 5.75 Å². The van der Waals surface area contributed by atoms with Crippen molar-refractivity contribution in [2.75, 3.05) is 20.7 Å². The van der Waals surface area contributed by atoms with Crippen molar-refractivity contribution in [3.63, 3.8) is 0 Å². The molecule has 0 aromatic heterocycles. The van der Waals surface area contributed by atoms with Crippen molar-refractivity contribution < 1.29 is 23.9 Å². The summed E-state index contributed by atoms with van der Waals surface area (Å²) < 4.78 is 10.7. The summed E-state index contributed by atoms with van der Waals surface area (Å²) in [6.07, 6.45) is -0.221. The Hall–Kier alpha value is -3.35. The Morgan fingerprint density at radius 2 is 1.71 bits per heavy atom. The van der Waals surface area contributed by atoms with Crippen molar-refractivity contribution in [2.24, 2.45) is 0 Å². The third kappa shape index (κ3) is 7.77. The predicted octanol–water partition coefficient (Wildman–Crippen LogP) is 3.27. The zero-order valence-electron chi connectivity index (χ0n) is 18.7. The Morgan fingerprint density at radius 1 is 1.03 bits per heavy atom. The van der Waals surface area contributed by atoms with E-state index in [2.05, 4.69) is 5.32 Å². The lowest BCUT2D eigenvalue weighted by molar-refractivity contribution is -0.148. The van der Waals surface area contributed by atoms with Crippen LogP contribution in [0.1, 0.15) is 47.8 Å². The Morgan fingerprint density at radius 3 is 2.32 bits per heavy atom. The van der Waals surface area contributed by atoms with E-state index in [9.17, 15) is 14.4 Å². The maximum Gasteiger partial charge on any atom is 0.308 e. The highest BCUT2D eigenvalue weighted by molar-refractivity contribution is 5.95. The van der Waals surface area contributed by atoms with E-state index in [-0.39, 0.29) is 36.9 Å². The number of likely N-dealkylation sites (N-methyl/N-ethyl adjacent to an activating group) is 1. The van der Waals surface area contributed by atoms with Gasteiger partial charge >= 0.3 is 5.97 Å². The maximum atomic E-state index is 12.9. The molecule has 2 aromatic rings. The molecule has 31 heavy (non-hydrogen) atoms. The van der Waals surface area contributed by atoms with E-state index >= 15 is 0 Å². The van der Waals surface area contributed by atoms with E-state index in [0.29, 0.717) is 11.3 Å². The number of nitrogens with zero attached hydrogens (tertiary/aromatic N) is 1. The van der Waals surface area contributed by atoms with Gasteiger partial charge in [-0.25, -0.2) is 0 Å². The molecule has 0 heterocycles. The Balaban J connectivity index is 2.15. The highest BCUT2D eigenvalue weighted by Gasteiger charge is 2.21. The lowest BCUT2D eigenvalue weighted by Gasteiger charge is -2.20. The normalized spacial score (nSPS) is 11.5. The molecule has 0 fully saturated rings. The van der Waals surface area contributed by atoms with E-state index in [0.717, 1.165) is 11.1 Å². The second-order valence-electron chi connectivity index (χ2n) is 7.78. The first kappa shape index (κ1) is 23.9. The molecule has 0 radical (unpaired) electrons. The summed E-state index contributed by atoms with van der Waals surface area (Å²) in [6.45, 7) is 5.41. The summed E-state index contributed by atoms with van der Waals surface area (Å²) in [5, 5.41) is 2.91. The summed E-state index contributed by atoms with van der Waals surface area (Å²) >= 11 is 0. The van der Waals surface area contributed by atoms with Crippen molar-refractivity contribution in [2.45, 2.75) is 39.3 Å². The van der Waals surface area contributed by atoms with Crippen molar-refractivity contribution in [3.05, 3.63) is 65.2 Å². The molecule has 1 N–H and O–H groups in total. The zero-order chi connectivity index (χ0) is 23.0. The van der Waals surface area contributed by atoms with Gasteiger partial charge < -0.3 is 19.7 Å². The molecule has 0 bridgehead atoms. The molecular formula is C24H30N2O5. The van der Waals surface area contributed by atoms with Crippen LogP contribution in [0.2, 0.25) is 0 Å². The molecule has 2 amide bonds. The van der Waals surface area contributed by atoms with Gasteiger partial charge in [-0.1, -0.05) is 35.9 Å². The van der Waals surface area contributed by atoms with Gasteiger partial charge in [0.15, 0.2) is 6.61 Å². The van der Waals surface area contributed by atoms with Gasteiger partial charge in [-0.2, -0.15) is 0 Å². The molecule has 0 spiro atoms. The van der Waals surface area contributed by atoms with Gasteiger partial charge in [-0.05, 0) is 44.5 Å². The number of ether oxygens (including phenoxy) is 2. The molecular weight excluding hydrogens is 396 g/mol. The van der Waals surface area contributed by atoms with Crippen LogP contribution in [-0.4, -0.2) is 49.5 Å². The van der Waals surface area contributed by atoms with Gasteiger partial charge in [-0.15, -0.1) is 0 Å². The van der Waals surface area contributed by atoms with Crippen LogP contribution in [0.15, 0.2) is 48.5 Å². The zero-order valence-corrected chi connectivity index (χ0v) is 18.7. The Kier molecular flexibility index (Phi) is 8.61. The van der Waals surface area contributed by atoms with Gasteiger partial charge in [0, 0.05) is 19.7 Å². The smallest absolute Gasteiger partial charge is 0.308 e. The van der Waals surface area contributed by atoms with Gasteiger partial charge in [0.2, 0.25) is 0 Å². The average molecular weight is 427 g/mol. The third-order valence-corrected chi connectivity index (χ3v) is 4.48. The number of hydrogen-bond acceptors (Lipinski definition) is 5. The maximum absolute atomic E-state index is 12.9. The first-order valence-corrected chi connectivity index (χ1v) is 10.2. The fourth-order valence-corrected chi connectivity index (χ4v) is 2.77. The summed E-state index contributed by atoms with van der Waals surface area (Å²) in [4.78, 5) is 38.3. The molecule has 2 aromatic carbocycles. The first-order chi connectivity index (χ1) is 14.7. The molecule has 0 aliphatic rings. The Bertz CT molecular complexity index is 906. The molecule has 7 nitrogen and oxygen atoms in total. The van der Waals surface area contributed by atoms with E-state index < -0.39 is 6.04 Å². The van der Waals surface area contributed by atoms with E-state index in [4.69, 9.17) is 9.47 Å². The highest BCUT2D eigenvalue weighted by atomic mass is 16.5.